The van der Waals surface area contributed by atoms with Crippen LogP contribution in [-0.4, -0.2) is 44.0 Å². The zero-order valence-electron chi connectivity index (χ0n) is 17.1. The Morgan fingerprint density at radius 2 is 1.55 bits per heavy atom. The molecular formula is C23H27NO5. The molecule has 0 aliphatic heterocycles. The molecule has 0 bridgehead atoms. The van der Waals surface area contributed by atoms with Gasteiger partial charge in [-0.2, -0.15) is 0 Å². The van der Waals surface area contributed by atoms with Crippen LogP contribution in [0.5, 0.6) is 0 Å². The van der Waals surface area contributed by atoms with Crippen LogP contribution in [0, 0.1) is 0 Å². The Balaban J connectivity index is 1.46. The molecule has 0 heterocycles. The molecule has 0 amide bonds. The number of ether oxygens (including phenoxy) is 3. The number of esters is 1. The Kier molecular flexibility index (Phi) is 6.67. The molecule has 29 heavy (non-hydrogen) atoms. The molecule has 0 aromatic heterocycles. The number of hydrogen-bond acceptors (Lipinski definition) is 6. The fourth-order valence-corrected chi connectivity index (χ4v) is 3.37. The number of carbonyl (C=O) groups excluding carboxylic acids is 2. The number of hydrogen-bond donors (Lipinski definition) is 1. The first-order valence-corrected chi connectivity index (χ1v) is 9.75. The largest absolute Gasteiger partial charge is 0.516 e. The first-order valence-electron chi connectivity index (χ1n) is 9.75. The SMILES string of the molecule is CC(C)(C)OCCNCC(=O)OC(=O)OCC1c2ccccc2-c2ccccc21. The van der Waals surface area contributed by atoms with Crippen molar-refractivity contribution in [1.82, 2.24) is 5.32 Å². The fraction of sp³-hybridized carbons (Fsp3) is 0.391. The van der Waals surface area contributed by atoms with Crippen molar-refractivity contribution in [2.45, 2.75) is 32.3 Å². The molecule has 0 radical (unpaired) electrons. The van der Waals surface area contributed by atoms with Crippen LogP contribution in [-0.2, 0) is 19.0 Å². The van der Waals surface area contributed by atoms with Crippen LogP contribution >= 0.6 is 0 Å². The second-order valence-electron chi connectivity index (χ2n) is 7.90. The molecule has 0 spiro atoms. The van der Waals surface area contributed by atoms with Gasteiger partial charge in [-0.3, -0.25) is 4.79 Å². The van der Waals surface area contributed by atoms with Crippen LogP contribution in [0.25, 0.3) is 11.1 Å². The topological polar surface area (TPSA) is 73.9 Å². The third kappa shape index (κ3) is 5.65. The van der Waals surface area contributed by atoms with E-state index in [1.54, 1.807) is 0 Å². The summed E-state index contributed by atoms with van der Waals surface area (Å²) in [6, 6.07) is 16.1. The molecular weight excluding hydrogens is 370 g/mol. The molecule has 0 fully saturated rings. The van der Waals surface area contributed by atoms with Gasteiger partial charge in [0, 0.05) is 12.5 Å². The van der Waals surface area contributed by atoms with E-state index in [2.05, 4.69) is 17.4 Å². The normalized spacial score (nSPS) is 12.9. The first-order chi connectivity index (χ1) is 13.8. The molecule has 6 heteroatoms. The molecule has 2 aromatic rings. The van der Waals surface area contributed by atoms with Gasteiger partial charge in [0.1, 0.15) is 6.61 Å². The van der Waals surface area contributed by atoms with Gasteiger partial charge in [0.15, 0.2) is 0 Å². The molecule has 0 atom stereocenters. The van der Waals surface area contributed by atoms with Crippen molar-refractivity contribution < 1.29 is 23.8 Å². The Hall–Kier alpha value is -2.70. The Morgan fingerprint density at radius 1 is 0.966 bits per heavy atom. The van der Waals surface area contributed by atoms with Gasteiger partial charge >= 0.3 is 12.1 Å². The Morgan fingerprint density at radius 3 is 2.14 bits per heavy atom. The van der Waals surface area contributed by atoms with E-state index in [0.717, 1.165) is 22.3 Å². The third-order valence-corrected chi connectivity index (χ3v) is 4.61. The van der Waals surface area contributed by atoms with E-state index in [0.29, 0.717) is 13.2 Å². The summed E-state index contributed by atoms with van der Waals surface area (Å²) in [4.78, 5) is 23.7. The number of fused-ring (bicyclic) bond motifs is 3. The lowest BCUT2D eigenvalue weighted by molar-refractivity contribution is -0.138. The van der Waals surface area contributed by atoms with Gasteiger partial charge in [0.2, 0.25) is 0 Å². The lowest BCUT2D eigenvalue weighted by Crippen LogP contribution is -2.31. The van der Waals surface area contributed by atoms with Crippen LogP contribution in [0.4, 0.5) is 4.79 Å². The molecule has 154 valence electrons. The summed E-state index contributed by atoms with van der Waals surface area (Å²) in [5, 5.41) is 2.88. The lowest BCUT2D eigenvalue weighted by Gasteiger charge is -2.19. The van der Waals surface area contributed by atoms with Gasteiger partial charge in [0.05, 0.1) is 18.8 Å². The van der Waals surface area contributed by atoms with E-state index >= 15 is 0 Å². The molecule has 6 nitrogen and oxygen atoms in total. The molecule has 0 saturated heterocycles. The summed E-state index contributed by atoms with van der Waals surface area (Å²) in [7, 11) is 0. The van der Waals surface area contributed by atoms with Crippen LogP contribution in [0.3, 0.4) is 0 Å². The Bertz CT molecular complexity index is 826. The summed E-state index contributed by atoms with van der Waals surface area (Å²) < 4.78 is 15.5. The average Bonchev–Trinajstić information content (AvgIpc) is 2.99. The van der Waals surface area contributed by atoms with Crippen LogP contribution in [0.2, 0.25) is 0 Å². The van der Waals surface area contributed by atoms with E-state index in [4.69, 9.17) is 14.2 Å². The predicted molar refractivity (Wildman–Crippen MR) is 110 cm³/mol. The molecule has 1 aliphatic carbocycles. The number of benzene rings is 2. The van der Waals surface area contributed by atoms with Crippen molar-refractivity contribution >= 4 is 12.1 Å². The van der Waals surface area contributed by atoms with Gasteiger partial charge in [0.25, 0.3) is 0 Å². The second-order valence-corrected chi connectivity index (χ2v) is 7.90. The van der Waals surface area contributed by atoms with Crippen molar-refractivity contribution in [3.8, 4) is 11.1 Å². The average molecular weight is 397 g/mol. The Labute approximate surface area is 171 Å². The van der Waals surface area contributed by atoms with E-state index in [9.17, 15) is 9.59 Å². The highest BCUT2D eigenvalue weighted by atomic mass is 16.7. The minimum Gasteiger partial charge on any atom is -0.433 e. The number of carbonyl (C=O) groups is 2. The second kappa shape index (κ2) is 9.20. The van der Waals surface area contributed by atoms with Crippen molar-refractivity contribution in [3.63, 3.8) is 0 Å². The molecule has 0 unspecified atom stereocenters. The van der Waals surface area contributed by atoms with E-state index in [-0.39, 0.29) is 24.7 Å². The summed E-state index contributed by atoms with van der Waals surface area (Å²) in [5.41, 5.74) is 4.26. The molecule has 2 aromatic carbocycles. The van der Waals surface area contributed by atoms with Gasteiger partial charge < -0.3 is 19.5 Å². The van der Waals surface area contributed by atoms with Gasteiger partial charge in [-0.25, -0.2) is 4.79 Å². The van der Waals surface area contributed by atoms with E-state index in [1.165, 1.54) is 0 Å². The highest BCUT2D eigenvalue weighted by Gasteiger charge is 2.29. The first kappa shape index (κ1) is 21.0. The maximum atomic E-state index is 11.9. The van der Waals surface area contributed by atoms with Crippen LogP contribution in [0.15, 0.2) is 48.5 Å². The molecule has 1 aliphatic rings. The smallest absolute Gasteiger partial charge is 0.433 e. The number of nitrogens with one attached hydrogen (secondary N) is 1. The van der Waals surface area contributed by atoms with Crippen LogP contribution < -0.4 is 5.32 Å². The molecule has 3 rings (SSSR count). The highest BCUT2D eigenvalue weighted by molar-refractivity contribution is 5.83. The van der Waals surface area contributed by atoms with E-state index < -0.39 is 12.1 Å². The van der Waals surface area contributed by atoms with Crippen molar-refractivity contribution in [1.29, 1.82) is 0 Å². The maximum absolute atomic E-state index is 11.9. The standard InChI is InChI=1S/C23H27NO5/c1-23(2,3)28-13-12-24-14-21(25)29-22(26)27-15-20-18-10-6-4-8-16(18)17-9-5-7-11-19(17)20/h4-11,20,24H,12-15H2,1-3H3. The minimum atomic E-state index is -0.982. The van der Waals surface area contributed by atoms with E-state index in [1.807, 2.05) is 57.2 Å². The third-order valence-electron chi connectivity index (χ3n) is 4.61. The zero-order valence-corrected chi connectivity index (χ0v) is 17.1. The monoisotopic (exact) mass is 397 g/mol. The van der Waals surface area contributed by atoms with Crippen LogP contribution in [0.1, 0.15) is 37.8 Å². The summed E-state index contributed by atoms with van der Waals surface area (Å²) in [6.45, 7) is 6.85. The summed E-state index contributed by atoms with van der Waals surface area (Å²) >= 11 is 0. The minimum absolute atomic E-state index is 0.0716. The predicted octanol–water partition coefficient (Wildman–Crippen LogP) is 3.88. The zero-order chi connectivity index (χ0) is 20.9. The summed E-state index contributed by atoms with van der Waals surface area (Å²) in [5.74, 6) is -0.754. The van der Waals surface area contributed by atoms with Gasteiger partial charge in [-0.15, -0.1) is 0 Å². The maximum Gasteiger partial charge on any atom is 0.516 e. The highest BCUT2D eigenvalue weighted by Crippen LogP contribution is 2.44. The molecule has 0 saturated carbocycles. The summed E-state index contributed by atoms with van der Waals surface area (Å²) in [6.07, 6.45) is -0.982. The fourth-order valence-electron chi connectivity index (χ4n) is 3.37. The quantitative estimate of drug-likeness (QED) is 0.434. The van der Waals surface area contributed by atoms with Gasteiger partial charge in [-0.05, 0) is 43.0 Å². The lowest BCUT2D eigenvalue weighted by atomic mass is 9.98. The number of rotatable bonds is 7. The van der Waals surface area contributed by atoms with Crippen molar-refractivity contribution in [2.24, 2.45) is 0 Å². The van der Waals surface area contributed by atoms with Crippen molar-refractivity contribution in [2.75, 3.05) is 26.3 Å². The van der Waals surface area contributed by atoms with Gasteiger partial charge in [-0.1, -0.05) is 48.5 Å². The molecule has 1 N–H and O–H groups in total. The van der Waals surface area contributed by atoms with Crippen molar-refractivity contribution in [3.05, 3.63) is 59.7 Å².